The number of benzene rings is 2. The maximum absolute atomic E-state index is 12.9. The molecule has 0 spiro atoms. The fourth-order valence-corrected chi connectivity index (χ4v) is 3.86. The summed E-state index contributed by atoms with van der Waals surface area (Å²) in [7, 11) is -3.75. The van der Waals surface area contributed by atoms with E-state index >= 15 is 0 Å². The molecule has 0 radical (unpaired) electrons. The van der Waals surface area contributed by atoms with Crippen molar-refractivity contribution in [2.24, 2.45) is 0 Å². The molecule has 0 aliphatic rings. The van der Waals surface area contributed by atoms with Crippen LogP contribution in [0.15, 0.2) is 64.0 Å². The third kappa shape index (κ3) is 4.56. The number of aliphatic carboxylic acids is 1. The lowest BCUT2D eigenvalue weighted by atomic mass is 10.3. The molecule has 0 heterocycles. The molecule has 23 heavy (non-hydrogen) atoms. The van der Waals surface area contributed by atoms with Crippen LogP contribution >= 0.6 is 15.9 Å². The van der Waals surface area contributed by atoms with Gasteiger partial charge in [0.15, 0.2) is 0 Å². The third-order valence-electron chi connectivity index (χ3n) is 3.20. The molecule has 7 heteroatoms. The van der Waals surface area contributed by atoms with Crippen molar-refractivity contribution in [3.8, 4) is 0 Å². The fraction of sp³-hybridized carbons (Fsp3) is 0.188. The van der Waals surface area contributed by atoms with E-state index in [1.54, 1.807) is 42.5 Å². The van der Waals surface area contributed by atoms with Gasteiger partial charge in [-0.25, -0.2) is 8.42 Å². The predicted molar refractivity (Wildman–Crippen MR) is 92.0 cm³/mol. The summed E-state index contributed by atoms with van der Waals surface area (Å²) in [4.78, 5) is 10.9. The minimum absolute atomic E-state index is 0.0841. The van der Waals surface area contributed by atoms with Gasteiger partial charge >= 0.3 is 5.97 Å². The van der Waals surface area contributed by atoms with Crippen LogP contribution in [-0.4, -0.2) is 26.0 Å². The number of hydrogen-bond acceptors (Lipinski definition) is 3. The van der Waals surface area contributed by atoms with Crippen molar-refractivity contribution < 1.29 is 18.3 Å². The highest BCUT2D eigenvalue weighted by Crippen LogP contribution is 2.25. The fourth-order valence-electron chi connectivity index (χ4n) is 2.09. The average Bonchev–Trinajstić information content (AvgIpc) is 2.52. The summed E-state index contributed by atoms with van der Waals surface area (Å²) in [6.45, 7) is 0.106. The largest absolute Gasteiger partial charge is 0.481 e. The molecule has 122 valence electrons. The van der Waals surface area contributed by atoms with Gasteiger partial charge in [-0.05, 0) is 42.8 Å². The molecule has 1 N–H and O–H groups in total. The van der Waals surface area contributed by atoms with E-state index in [4.69, 9.17) is 5.11 Å². The van der Waals surface area contributed by atoms with Gasteiger partial charge in [-0.2, -0.15) is 0 Å². The Morgan fingerprint density at radius 1 is 1.04 bits per heavy atom. The van der Waals surface area contributed by atoms with Crippen LogP contribution in [0.3, 0.4) is 0 Å². The van der Waals surface area contributed by atoms with Crippen LogP contribution in [0.1, 0.15) is 12.8 Å². The second kappa shape index (κ2) is 7.61. The molecule has 0 aliphatic carbocycles. The van der Waals surface area contributed by atoms with Crippen LogP contribution in [0.25, 0.3) is 0 Å². The van der Waals surface area contributed by atoms with Crippen LogP contribution in [0.4, 0.5) is 5.69 Å². The topological polar surface area (TPSA) is 74.7 Å². The Morgan fingerprint density at radius 2 is 1.65 bits per heavy atom. The maximum atomic E-state index is 12.9. The molecule has 5 nitrogen and oxygen atoms in total. The number of halogens is 1. The van der Waals surface area contributed by atoms with Gasteiger partial charge in [-0.1, -0.05) is 34.1 Å². The Hall–Kier alpha value is -1.86. The molecule has 2 aromatic carbocycles. The lowest BCUT2D eigenvalue weighted by Gasteiger charge is -2.24. The molecule has 0 saturated heterocycles. The van der Waals surface area contributed by atoms with Crippen molar-refractivity contribution in [3.63, 3.8) is 0 Å². The highest BCUT2D eigenvalue weighted by molar-refractivity contribution is 9.10. The number of rotatable bonds is 7. The number of carboxylic acid groups (broad SMARTS) is 1. The first-order valence-corrected chi connectivity index (χ1v) is 9.20. The van der Waals surface area contributed by atoms with Crippen LogP contribution in [0.5, 0.6) is 0 Å². The van der Waals surface area contributed by atoms with Gasteiger partial charge in [0.25, 0.3) is 10.0 Å². The Labute approximate surface area is 143 Å². The van der Waals surface area contributed by atoms with Crippen LogP contribution in [0, 0.1) is 0 Å². The Kier molecular flexibility index (Phi) is 5.79. The molecule has 0 unspecified atom stereocenters. The highest BCUT2D eigenvalue weighted by atomic mass is 79.9. The summed E-state index contributed by atoms with van der Waals surface area (Å²) in [6.07, 6.45) is 0.152. The van der Waals surface area contributed by atoms with Crippen molar-refractivity contribution in [2.75, 3.05) is 10.8 Å². The van der Waals surface area contributed by atoms with Gasteiger partial charge < -0.3 is 5.11 Å². The molecule has 0 atom stereocenters. The monoisotopic (exact) mass is 397 g/mol. The zero-order chi connectivity index (χ0) is 16.9. The van der Waals surface area contributed by atoms with Gasteiger partial charge in [-0.15, -0.1) is 0 Å². The van der Waals surface area contributed by atoms with Crippen molar-refractivity contribution in [1.82, 2.24) is 0 Å². The van der Waals surface area contributed by atoms with Crippen molar-refractivity contribution in [2.45, 2.75) is 17.7 Å². The molecule has 0 fully saturated rings. The highest BCUT2D eigenvalue weighted by Gasteiger charge is 2.24. The number of anilines is 1. The number of carboxylic acids is 1. The lowest BCUT2D eigenvalue weighted by molar-refractivity contribution is -0.137. The standard InChI is InChI=1S/C16H16BrNO4S/c17-13-8-10-15(11-9-13)23(21,22)18(12-4-7-16(19)20)14-5-2-1-3-6-14/h1-3,5-6,8-11H,4,7,12H2,(H,19,20). The minimum atomic E-state index is -3.75. The van der Waals surface area contributed by atoms with E-state index in [-0.39, 0.29) is 24.3 Å². The van der Waals surface area contributed by atoms with E-state index in [0.29, 0.717) is 5.69 Å². The van der Waals surface area contributed by atoms with E-state index in [1.165, 1.54) is 16.4 Å². The second-order valence-electron chi connectivity index (χ2n) is 4.86. The number of nitrogens with zero attached hydrogens (tertiary/aromatic N) is 1. The Balaban J connectivity index is 2.35. The first-order valence-electron chi connectivity index (χ1n) is 6.96. The van der Waals surface area contributed by atoms with E-state index in [0.717, 1.165) is 4.47 Å². The first kappa shape index (κ1) is 17.5. The normalized spacial score (nSPS) is 11.2. The van der Waals surface area contributed by atoms with E-state index < -0.39 is 16.0 Å². The molecule has 0 amide bonds. The summed E-state index contributed by atoms with van der Waals surface area (Å²) >= 11 is 3.28. The molecule has 0 aromatic heterocycles. The summed E-state index contributed by atoms with van der Waals surface area (Å²) in [6, 6.07) is 15.0. The van der Waals surface area contributed by atoms with Gasteiger partial charge in [0.1, 0.15) is 0 Å². The van der Waals surface area contributed by atoms with Gasteiger partial charge in [-0.3, -0.25) is 9.10 Å². The quantitative estimate of drug-likeness (QED) is 0.775. The average molecular weight is 398 g/mol. The summed E-state index contributed by atoms with van der Waals surface area (Å²) in [5.74, 6) is -0.945. The lowest BCUT2D eigenvalue weighted by Crippen LogP contribution is -2.32. The van der Waals surface area contributed by atoms with Crippen LogP contribution in [-0.2, 0) is 14.8 Å². The second-order valence-corrected chi connectivity index (χ2v) is 7.64. The van der Waals surface area contributed by atoms with Gasteiger partial charge in [0.05, 0.1) is 10.6 Å². The molecule has 0 aliphatic heterocycles. The van der Waals surface area contributed by atoms with E-state index in [2.05, 4.69) is 15.9 Å². The van der Waals surface area contributed by atoms with Crippen LogP contribution < -0.4 is 4.31 Å². The summed E-state index contributed by atoms with van der Waals surface area (Å²) < 4.78 is 27.8. The predicted octanol–water partition coefficient (Wildman–Crippen LogP) is 3.51. The Morgan fingerprint density at radius 3 is 2.22 bits per heavy atom. The number of carbonyl (C=O) groups is 1. The maximum Gasteiger partial charge on any atom is 0.303 e. The third-order valence-corrected chi connectivity index (χ3v) is 5.57. The molecule has 0 saturated carbocycles. The summed E-state index contributed by atoms with van der Waals surface area (Å²) in [5.41, 5.74) is 0.515. The van der Waals surface area contributed by atoms with Crippen molar-refractivity contribution in [3.05, 3.63) is 59.1 Å². The van der Waals surface area contributed by atoms with Crippen molar-refractivity contribution in [1.29, 1.82) is 0 Å². The minimum Gasteiger partial charge on any atom is -0.481 e. The van der Waals surface area contributed by atoms with E-state index in [9.17, 15) is 13.2 Å². The SMILES string of the molecule is O=C(O)CCCN(c1ccccc1)S(=O)(=O)c1ccc(Br)cc1. The Bertz CT molecular complexity index is 760. The smallest absolute Gasteiger partial charge is 0.303 e. The van der Waals surface area contributed by atoms with Gasteiger partial charge in [0, 0.05) is 17.4 Å². The van der Waals surface area contributed by atoms with Crippen LogP contribution in [0.2, 0.25) is 0 Å². The molecule has 2 rings (SSSR count). The molecular weight excluding hydrogens is 382 g/mol. The van der Waals surface area contributed by atoms with Crippen molar-refractivity contribution >= 4 is 37.6 Å². The molecule has 0 bridgehead atoms. The number of para-hydroxylation sites is 1. The number of hydrogen-bond donors (Lipinski definition) is 1. The van der Waals surface area contributed by atoms with Gasteiger partial charge in [0.2, 0.25) is 0 Å². The van der Waals surface area contributed by atoms with E-state index in [1.807, 2.05) is 0 Å². The zero-order valence-corrected chi connectivity index (χ0v) is 14.6. The zero-order valence-electron chi connectivity index (χ0n) is 12.2. The molecular formula is C16H16BrNO4S. The molecule has 2 aromatic rings. The number of sulfonamides is 1. The summed E-state index contributed by atoms with van der Waals surface area (Å²) in [5, 5.41) is 8.77. The first-order chi connectivity index (χ1) is 10.9.